The average molecular weight is 730 g/mol. The number of ether oxygens (including phenoxy) is 2. The molecule has 0 spiro atoms. The molecule has 9 nitrogen and oxygen atoms in total. The molecule has 2 atom stereocenters. The van der Waals surface area contributed by atoms with Crippen molar-refractivity contribution in [2.75, 3.05) is 31.6 Å². The van der Waals surface area contributed by atoms with Crippen LogP contribution < -0.4 is 25.4 Å². The Kier molecular flexibility index (Phi) is 15.9. The topological polar surface area (TPSA) is 128 Å². The smallest absolute Gasteiger partial charge is 0.231 e. The van der Waals surface area contributed by atoms with Crippen molar-refractivity contribution in [1.29, 1.82) is 0 Å². The Bertz CT molecular complexity index is 1400. The van der Waals surface area contributed by atoms with Gasteiger partial charge >= 0.3 is 0 Å². The van der Waals surface area contributed by atoms with Gasteiger partial charge in [0.05, 0.1) is 5.33 Å². The summed E-state index contributed by atoms with van der Waals surface area (Å²) in [4.78, 5) is 15.0. The van der Waals surface area contributed by atoms with E-state index in [2.05, 4.69) is 64.2 Å². The summed E-state index contributed by atoms with van der Waals surface area (Å²) < 4.78 is 11.5. The van der Waals surface area contributed by atoms with E-state index in [1.807, 2.05) is 74.7 Å². The number of amides is 1. The van der Waals surface area contributed by atoms with E-state index in [1.165, 1.54) is 0 Å². The molecule has 0 bridgehead atoms. The van der Waals surface area contributed by atoms with Gasteiger partial charge in [-0.25, -0.2) is 0 Å². The minimum absolute atomic E-state index is 0.00631. The van der Waals surface area contributed by atoms with Crippen molar-refractivity contribution < 1.29 is 24.5 Å². The molecule has 6 N–H and O–H groups in total. The van der Waals surface area contributed by atoms with Crippen LogP contribution in [0.25, 0.3) is 10.9 Å². The highest BCUT2D eigenvalue weighted by molar-refractivity contribution is 9.09. The number of nitrogens with one attached hydrogen (secondary N) is 4. The molecule has 4 rings (SSSR count). The van der Waals surface area contributed by atoms with E-state index < -0.39 is 12.2 Å². The van der Waals surface area contributed by atoms with Crippen molar-refractivity contribution in [3.63, 3.8) is 0 Å². The SMILES string of the molecule is C=CCc1ccccc1OCC(O)CNC(C)C.CC1(NCC(O)COc2cccc3[nH]ccc23)CCC(C(C)(C)NC(=O)CBr)CC1. The number of aromatic nitrogens is 1. The third-order valence-electron chi connectivity index (χ3n) is 8.97. The number of β-amino-alcohol motifs (C(OH)–C–C–N with tert-alkyl or cyclic N) is 1. The van der Waals surface area contributed by atoms with Gasteiger partial charge in [0.1, 0.15) is 36.9 Å². The van der Waals surface area contributed by atoms with Gasteiger partial charge < -0.3 is 40.6 Å². The van der Waals surface area contributed by atoms with E-state index in [0.29, 0.717) is 37.0 Å². The minimum Gasteiger partial charge on any atom is -0.491 e. The fraction of sp³-hybridized carbons (Fsp3) is 0.553. The zero-order valence-electron chi connectivity index (χ0n) is 29.4. The molecule has 0 radical (unpaired) electrons. The van der Waals surface area contributed by atoms with Crippen LogP contribution in [-0.4, -0.2) is 82.1 Å². The van der Waals surface area contributed by atoms with Crippen LogP contribution in [0.1, 0.15) is 65.9 Å². The number of halogens is 1. The number of fused-ring (bicyclic) bond motifs is 1. The van der Waals surface area contributed by atoms with Crippen molar-refractivity contribution in [1.82, 2.24) is 20.9 Å². The standard InChI is InChI=1S/C23H34BrN3O3.C15H23NO2/c1-22(2,27-21(29)13-24)16-7-10-23(3,11-8-16)26-14-17(28)15-30-20-6-4-5-19-18(20)9-12-25-19;1-4-7-13-8-5-6-9-15(13)18-11-14(17)10-16-12(2)3/h4-6,9,12,16-17,25-26,28H,7-8,10-11,13-15H2,1-3H3,(H,27,29);4-6,8-9,12,14,16-17H,1,7,10-11H2,2-3H3. The molecule has 2 aromatic carbocycles. The van der Waals surface area contributed by atoms with E-state index in [1.54, 1.807) is 0 Å². The number of hydrogen-bond donors (Lipinski definition) is 6. The first-order valence-corrected chi connectivity index (χ1v) is 18.2. The minimum atomic E-state index is -0.580. The molecule has 1 saturated carbocycles. The van der Waals surface area contributed by atoms with Crippen molar-refractivity contribution in [2.24, 2.45) is 5.92 Å². The first-order chi connectivity index (χ1) is 22.9. The highest BCUT2D eigenvalue weighted by Gasteiger charge is 2.38. The summed E-state index contributed by atoms with van der Waals surface area (Å²) in [7, 11) is 0. The average Bonchev–Trinajstić information content (AvgIpc) is 3.55. The lowest BCUT2D eigenvalue weighted by atomic mass is 9.70. The monoisotopic (exact) mass is 728 g/mol. The molecule has 1 heterocycles. The molecular weight excluding hydrogens is 672 g/mol. The lowest BCUT2D eigenvalue weighted by Gasteiger charge is -2.44. The summed E-state index contributed by atoms with van der Waals surface area (Å²) in [5, 5.41) is 31.4. The van der Waals surface area contributed by atoms with Gasteiger partial charge in [0, 0.05) is 47.3 Å². The lowest BCUT2D eigenvalue weighted by Crippen LogP contribution is -2.54. The lowest BCUT2D eigenvalue weighted by molar-refractivity contribution is -0.120. The maximum absolute atomic E-state index is 11.8. The van der Waals surface area contributed by atoms with Crippen LogP contribution in [0.4, 0.5) is 0 Å². The summed E-state index contributed by atoms with van der Waals surface area (Å²) in [5.41, 5.74) is 1.91. The van der Waals surface area contributed by atoms with Crippen LogP contribution >= 0.6 is 15.9 Å². The van der Waals surface area contributed by atoms with Gasteiger partial charge in [0.15, 0.2) is 0 Å². The highest BCUT2D eigenvalue weighted by atomic mass is 79.9. The Morgan fingerprint density at radius 2 is 1.69 bits per heavy atom. The van der Waals surface area contributed by atoms with Crippen molar-refractivity contribution in [3.8, 4) is 11.5 Å². The fourth-order valence-electron chi connectivity index (χ4n) is 6.03. The van der Waals surface area contributed by atoms with Crippen LogP contribution in [0.15, 0.2) is 67.4 Å². The molecule has 48 heavy (non-hydrogen) atoms. The number of carbonyl (C=O) groups is 1. The summed E-state index contributed by atoms with van der Waals surface area (Å²) in [6.45, 7) is 15.9. The third kappa shape index (κ3) is 12.9. The van der Waals surface area contributed by atoms with Crippen LogP contribution in [0, 0.1) is 5.92 Å². The van der Waals surface area contributed by atoms with Crippen molar-refractivity contribution in [3.05, 3.63) is 72.9 Å². The molecule has 10 heteroatoms. The van der Waals surface area contributed by atoms with E-state index >= 15 is 0 Å². The number of carbonyl (C=O) groups excluding carboxylic acids is 1. The number of aliphatic hydroxyl groups excluding tert-OH is 2. The molecule has 1 aromatic heterocycles. The van der Waals surface area contributed by atoms with Gasteiger partial charge in [-0.1, -0.05) is 60.1 Å². The van der Waals surface area contributed by atoms with Gasteiger partial charge in [0.25, 0.3) is 0 Å². The third-order valence-corrected chi connectivity index (χ3v) is 9.48. The van der Waals surface area contributed by atoms with Gasteiger partial charge in [-0.05, 0) is 88.6 Å². The molecule has 266 valence electrons. The van der Waals surface area contributed by atoms with Crippen LogP contribution in [-0.2, 0) is 11.2 Å². The number of aliphatic hydroxyl groups is 2. The Morgan fingerprint density at radius 1 is 1.04 bits per heavy atom. The largest absolute Gasteiger partial charge is 0.491 e. The number of allylic oxidation sites excluding steroid dienone is 1. The molecule has 0 saturated heterocycles. The first-order valence-electron chi connectivity index (χ1n) is 17.1. The highest BCUT2D eigenvalue weighted by Crippen LogP contribution is 2.37. The normalized spacial score (nSPS) is 19.2. The molecule has 1 amide bonds. The number of alkyl halides is 1. The Hall–Kier alpha value is -2.89. The summed E-state index contributed by atoms with van der Waals surface area (Å²) in [5.74, 6) is 2.09. The van der Waals surface area contributed by atoms with Crippen molar-refractivity contribution >= 4 is 32.7 Å². The van der Waals surface area contributed by atoms with Crippen LogP contribution in [0.3, 0.4) is 0 Å². The first kappa shape index (κ1) is 39.5. The maximum atomic E-state index is 11.8. The summed E-state index contributed by atoms with van der Waals surface area (Å²) in [6, 6.07) is 16.1. The van der Waals surface area contributed by atoms with Gasteiger partial charge in [-0.2, -0.15) is 0 Å². The maximum Gasteiger partial charge on any atom is 0.231 e. The second kappa shape index (κ2) is 19.3. The molecule has 1 fully saturated rings. The number of rotatable bonds is 17. The quantitative estimate of drug-likeness (QED) is 0.0756. The predicted octanol–water partition coefficient (Wildman–Crippen LogP) is 5.89. The number of hydrogen-bond acceptors (Lipinski definition) is 7. The zero-order valence-corrected chi connectivity index (χ0v) is 30.9. The second-order valence-electron chi connectivity index (χ2n) is 13.9. The molecular formula is C38H57BrN4O5. The van der Waals surface area contributed by atoms with Crippen molar-refractivity contribution in [2.45, 2.75) is 96.1 Å². The van der Waals surface area contributed by atoms with Gasteiger partial charge in [0.2, 0.25) is 5.91 Å². The second-order valence-corrected chi connectivity index (χ2v) is 14.5. The van der Waals surface area contributed by atoms with Gasteiger partial charge in [-0.15, -0.1) is 6.58 Å². The van der Waals surface area contributed by atoms with Gasteiger partial charge in [-0.3, -0.25) is 4.79 Å². The zero-order chi connectivity index (χ0) is 35.2. The molecule has 3 aromatic rings. The fourth-order valence-corrected chi connectivity index (χ4v) is 6.17. The number of H-pyrrole nitrogens is 1. The molecule has 1 aliphatic rings. The molecule has 0 aliphatic heterocycles. The van der Waals surface area contributed by atoms with E-state index in [0.717, 1.165) is 60.1 Å². The van der Waals surface area contributed by atoms with E-state index in [9.17, 15) is 15.0 Å². The summed E-state index contributed by atoms with van der Waals surface area (Å²) in [6.07, 6.45) is 7.55. The summed E-state index contributed by atoms with van der Waals surface area (Å²) >= 11 is 3.22. The van der Waals surface area contributed by atoms with E-state index in [4.69, 9.17) is 9.47 Å². The van der Waals surface area contributed by atoms with Crippen LogP contribution in [0.5, 0.6) is 11.5 Å². The number of para-hydroxylation sites is 1. The number of aromatic amines is 1. The Morgan fingerprint density at radius 3 is 2.35 bits per heavy atom. The molecule has 1 aliphatic carbocycles. The Balaban J connectivity index is 0.000000297. The molecule has 2 unspecified atom stereocenters. The Labute approximate surface area is 295 Å². The van der Waals surface area contributed by atoms with Crippen LogP contribution in [0.2, 0.25) is 0 Å². The van der Waals surface area contributed by atoms with E-state index in [-0.39, 0.29) is 23.6 Å². The predicted molar refractivity (Wildman–Crippen MR) is 199 cm³/mol. The number of benzene rings is 2.